The Balaban J connectivity index is 1.23. The van der Waals surface area contributed by atoms with Gasteiger partial charge in [-0.3, -0.25) is 14.7 Å². The summed E-state index contributed by atoms with van der Waals surface area (Å²) in [5, 5.41) is 0. The van der Waals surface area contributed by atoms with Gasteiger partial charge in [-0.2, -0.15) is 0 Å². The number of carbonyl (C=O) groups is 2. The molecule has 2 aromatic carbocycles. The number of nitrogens with one attached hydrogen (secondary N) is 1. The van der Waals surface area contributed by atoms with E-state index in [9.17, 15) is 14.4 Å². The van der Waals surface area contributed by atoms with Crippen LogP contribution in [0.4, 0.5) is 4.79 Å². The second-order valence-electron chi connectivity index (χ2n) is 9.69. The fourth-order valence-corrected chi connectivity index (χ4v) is 4.29. The van der Waals surface area contributed by atoms with Crippen molar-refractivity contribution in [2.75, 3.05) is 32.7 Å². The summed E-state index contributed by atoms with van der Waals surface area (Å²) in [6.45, 7) is 9.81. The number of amides is 1. The first-order valence-corrected chi connectivity index (χ1v) is 11.6. The van der Waals surface area contributed by atoms with E-state index in [4.69, 9.17) is 9.15 Å². The summed E-state index contributed by atoms with van der Waals surface area (Å²) in [5.74, 6) is -0.542. The molecular weight excluding hydrogens is 434 g/mol. The number of Topliss-reactive ketones (excluding diaryl/α,β-unsaturated/α-hetero) is 1. The van der Waals surface area contributed by atoms with Crippen LogP contribution in [0.1, 0.15) is 48.7 Å². The summed E-state index contributed by atoms with van der Waals surface area (Å²) in [7, 11) is 0. The van der Waals surface area contributed by atoms with E-state index in [1.54, 1.807) is 23.1 Å². The average molecular weight is 466 g/mol. The van der Waals surface area contributed by atoms with Gasteiger partial charge in [0.2, 0.25) is 0 Å². The molecule has 0 spiro atoms. The molecule has 1 fully saturated rings. The first-order valence-electron chi connectivity index (χ1n) is 11.6. The molecule has 0 atom stereocenters. The van der Waals surface area contributed by atoms with E-state index < -0.39 is 5.76 Å². The van der Waals surface area contributed by atoms with E-state index in [1.807, 2.05) is 18.2 Å². The quantitative estimate of drug-likeness (QED) is 0.554. The van der Waals surface area contributed by atoms with Crippen molar-refractivity contribution in [3.63, 3.8) is 0 Å². The summed E-state index contributed by atoms with van der Waals surface area (Å²) < 4.78 is 10.6. The van der Waals surface area contributed by atoms with Crippen molar-refractivity contribution >= 4 is 23.0 Å². The number of hydrogen-bond acceptors (Lipinski definition) is 6. The SMILES string of the molecule is CC(C)(C)c1ccccc1COC(=O)N1CCN(CCC(=O)c2ccc3[nH]c(=O)oc3c2)CC1. The molecular formula is C26H31N3O5. The van der Waals surface area contributed by atoms with Crippen molar-refractivity contribution in [1.29, 1.82) is 0 Å². The average Bonchev–Trinajstić information content (AvgIpc) is 3.20. The lowest BCUT2D eigenvalue weighted by molar-refractivity contribution is 0.0694. The molecule has 1 aliphatic heterocycles. The van der Waals surface area contributed by atoms with Crippen molar-refractivity contribution in [3.05, 3.63) is 69.7 Å². The second-order valence-corrected chi connectivity index (χ2v) is 9.69. The Bertz CT molecular complexity index is 1230. The molecule has 34 heavy (non-hydrogen) atoms. The maximum atomic E-state index is 12.6. The monoisotopic (exact) mass is 465 g/mol. The van der Waals surface area contributed by atoms with Gasteiger partial charge in [-0.05, 0) is 34.7 Å². The van der Waals surface area contributed by atoms with Gasteiger partial charge in [0.15, 0.2) is 11.4 Å². The number of oxazole rings is 1. The Morgan fingerprint density at radius 3 is 2.53 bits per heavy atom. The minimum Gasteiger partial charge on any atom is -0.445 e. The largest absolute Gasteiger partial charge is 0.445 e. The van der Waals surface area contributed by atoms with Crippen LogP contribution in [-0.2, 0) is 16.8 Å². The third kappa shape index (κ3) is 5.56. The molecule has 1 aliphatic rings. The van der Waals surface area contributed by atoms with Gasteiger partial charge < -0.3 is 14.1 Å². The molecule has 1 N–H and O–H groups in total. The summed E-state index contributed by atoms with van der Waals surface area (Å²) in [4.78, 5) is 42.9. The number of aromatic amines is 1. The topological polar surface area (TPSA) is 95.9 Å². The van der Waals surface area contributed by atoms with E-state index in [1.165, 1.54) is 5.56 Å². The van der Waals surface area contributed by atoms with E-state index in [0.29, 0.717) is 55.8 Å². The smallest absolute Gasteiger partial charge is 0.417 e. The molecule has 180 valence electrons. The highest BCUT2D eigenvalue weighted by molar-refractivity contribution is 5.98. The molecule has 0 aliphatic carbocycles. The van der Waals surface area contributed by atoms with Gasteiger partial charge in [0.05, 0.1) is 5.52 Å². The van der Waals surface area contributed by atoms with E-state index in [0.717, 1.165) is 5.56 Å². The van der Waals surface area contributed by atoms with Crippen molar-refractivity contribution < 1.29 is 18.7 Å². The number of benzene rings is 2. The molecule has 0 unspecified atom stereocenters. The first kappa shape index (κ1) is 23.8. The van der Waals surface area contributed by atoms with Crippen LogP contribution >= 0.6 is 0 Å². The number of aromatic nitrogens is 1. The summed E-state index contributed by atoms with van der Waals surface area (Å²) in [6.07, 6.45) is 0.0505. The molecule has 0 saturated carbocycles. The molecule has 8 nitrogen and oxygen atoms in total. The number of ether oxygens (including phenoxy) is 1. The standard InChI is InChI=1S/C26H31N3O5/c1-26(2,3)20-7-5-4-6-19(20)17-33-25(32)29-14-12-28(13-15-29)11-10-22(30)18-8-9-21-23(16-18)34-24(31)27-21/h4-9,16H,10-15,17H2,1-3H3,(H,27,31). The molecule has 2 heterocycles. The number of rotatable bonds is 6. The van der Waals surface area contributed by atoms with Crippen LogP contribution in [0.25, 0.3) is 11.1 Å². The fourth-order valence-electron chi connectivity index (χ4n) is 4.29. The third-order valence-corrected chi connectivity index (χ3v) is 6.21. The molecule has 1 saturated heterocycles. The Labute approximate surface area is 198 Å². The molecule has 1 aromatic heterocycles. The van der Waals surface area contributed by atoms with Crippen LogP contribution in [0.5, 0.6) is 0 Å². The second kappa shape index (κ2) is 9.85. The van der Waals surface area contributed by atoms with Crippen molar-refractivity contribution in [2.45, 2.75) is 39.2 Å². The number of hydrogen-bond donors (Lipinski definition) is 1. The Morgan fingerprint density at radius 1 is 1.06 bits per heavy atom. The van der Waals surface area contributed by atoms with Crippen LogP contribution in [0.3, 0.4) is 0 Å². The summed E-state index contributed by atoms with van der Waals surface area (Å²) in [6, 6.07) is 13.0. The van der Waals surface area contributed by atoms with Crippen LogP contribution in [0, 0.1) is 0 Å². The lowest BCUT2D eigenvalue weighted by Gasteiger charge is -2.34. The normalized spacial score (nSPS) is 15.0. The lowest BCUT2D eigenvalue weighted by atomic mass is 9.84. The Morgan fingerprint density at radius 2 is 1.79 bits per heavy atom. The van der Waals surface area contributed by atoms with Crippen LogP contribution in [0.2, 0.25) is 0 Å². The number of carbonyl (C=O) groups excluding carboxylic acids is 2. The van der Waals surface area contributed by atoms with Gasteiger partial charge >= 0.3 is 11.8 Å². The number of piperazine rings is 1. The van der Waals surface area contributed by atoms with Gasteiger partial charge in [-0.15, -0.1) is 0 Å². The highest BCUT2D eigenvalue weighted by Gasteiger charge is 2.24. The van der Waals surface area contributed by atoms with Gasteiger partial charge in [0, 0.05) is 44.7 Å². The van der Waals surface area contributed by atoms with Crippen LogP contribution in [0.15, 0.2) is 51.7 Å². The van der Waals surface area contributed by atoms with Gasteiger partial charge in [-0.1, -0.05) is 45.0 Å². The Kier molecular flexibility index (Phi) is 6.88. The van der Waals surface area contributed by atoms with Crippen molar-refractivity contribution in [1.82, 2.24) is 14.8 Å². The maximum absolute atomic E-state index is 12.6. The zero-order valence-corrected chi connectivity index (χ0v) is 19.9. The van der Waals surface area contributed by atoms with Gasteiger partial charge in [0.1, 0.15) is 6.61 Å². The van der Waals surface area contributed by atoms with E-state index >= 15 is 0 Å². The minimum absolute atomic E-state index is 0.00916. The van der Waals surface area contributed by atoms with Gasteiger partial charge in [0.25, 0.3) is 0 Å². The molecule has 4 rings (SSSR count). The van der Waals surface area contributed by atoms with Crippen LogP contribution < -0.4 is 5.76 Å². The zero-order chi connectivity index (χ0) is 24.3. The number of nitrogens with zero attached hydrogens (tertiary/aromatic N) is 2. The summed E-state index contributed by atoms with van der Waals surface area (Å²) in [5.41, 5.74) is 3.66. The fraction of sp³-hybridized carbons (Fsp3) is 0.423. The molecule has 8 heteroatoms. The van der Waals surface area contributed by atoms with Crippen molar-refractivity contribution in [2.24, 2.45) is 0 Å². The van der Waals surface area contributed by atoms with Gasteiger partial charge in [-0.25, -0.2) is 9.59 Å². The minimum atomic E-state index is -0.533. The number of H-pyrrole nitrogens is 1. The number of fused-ring (bicyclic) bond motifs is 1. The van der Waals surface area contributed by atoms with E-state index in [-0.39, 0.29) is 23.9 Å². The molecule has 1 amide bonds. The lowest BCUT2D eigenvalue weighted by Crippen LogP contribution is -2.49. The number of ketones is 1. The van der Waals surface area contributed by atoms with Crippen LogP contribution in [-0.4, -0.2) is 59.4 Å². The van der Waals surface area contributed by atoms with E-state index in [2.05, 4.69) is 36.7 Å². The summed E-state index contributed by atoms with van der Waals surface area (Å²) >= 11 is 0. The molecule has 0 bridgehead atoms. The maximum Gasteiger partial charge on any atom is 0.417 e. The highest BCUT2D eigenvalue weighted by atomic mass is 16.6. The zero-order valence-electron chi connectivity index (χ0n) is 19.9. The third-order valence-electron chi connectivity index (χ3n) is 6.21. The molecule has 0 radical (unpaired) electrons. The molecule has 3 aromatic rings. The highest BCUT2D eigenvalue weighted by Crippen LogP contribution is 2.26. The Hall–Kier alpha value is -3.39. The van der Waals surface area contributed by atoms with Crippen molar-refractivity contribution in [3.8, 4) is 0 Å². The first-order chi connectivity index (χ1) is 16.2. The predicted octanol–water partition coefficient (Wildman–Crippen LogP) is 3.95. The predicted molar refractivity (Wildman–Crippen MR) is 129 cm³/mol.